The first kappa shape index (κ1) is 17.0. The number of ether oxygens (including phenoxy) is 1. The molecule has 0 N–H and O–H groups in total. The van der Waals surface area contributed by atoms with Gasteiger partial charge in [-0.1, -0.05) is 29.5 Å². The van der Waals surface area contributed by atoms with Crippen LogP contribution in [0.5, 0.6) is 5.19 Å². The number of hydrogen-bond donors (Lipinski definition) is 0. The summed E-state index contributed by atoms with van der Waals surface area (Å²) in [6.07, 6.45) is 1.80. The highest BCUT2D eigenvalue weighted by atomic mass is 32.1. The average molecular weight is 366 g/mol. The summed E-state index contributed by atoms with van der Waals surface area (Å²) in [5.74, 6) is 0.117. The predicted octanol–water partition coefficient (Wildman–Crippen LogP) is 4.60. The number of rotatable bonds is 3. The van der Waals surface area contributed by atoms with Crippen molar-refractivity contribution in [3.63, 3.8) is 0 Å². The smallest absolute Gasteiger partial charge is 0.274 e. The maximum Gasteiger partial charge on any atom is 0.274 e. The maximum absolute atomic E-state index is 12.7. The lowest BCUT2D eigenvalue weighted by atomic mass is 10.0. The third-order valence-corrected chi connectivity index (χ3v) is 5.95. The van der Waals surface area contributed by atoms with Crippen LogP contribution in [-0.4, -0.2) is 35.0 Å². The molecule has 1 saturated heterocycles. The summed E-state index contributed by atoms with van der Waals surface area (Å²) in [7, 11) is 0. The minimum atomic E-state index is 0.117. The first-order chi connectivity index (χ1) is 12.6. The third-order valence-electron chi connectivity index (χ3n) is 5.02. The van der Waals surface area contributed by atoms with Gasteiger partial charge in [-0.15, -0.1) is 0 Å². The SMILES string of the molecule is Cc1ccc(C(=O)N2CCC(Oc3nc4ccccc4s3)CC2)cc1C. The van der Waals surface area contributed by atoms with Gasteiger partial charge in [0.2, 0.25) is 0 Å². The Bertz CT molecular complexity index is 909. The molecule has 0 unspecified atom stereocenters. The van der Waals surface area contributed by atoms with E-state index < -0.39 is 0 Å². The van der Waals surface area contributed by atoms with E-state index >= 15 is 0 Å². The fourth-order valence-corrected chi connectivity index (χ4v) is 4.16. The molecule has 0 spiro atoms. The normalized spacial score (nSPS) is 15.4. The van der Waals surface area contributed by atoms with E-state index in [9.17, 15) is 4.79 Å². The zero-order valence-corrected chi connectivity index (χ0v) is 15.9. The summed E-state index contributed by atoms with van der Waals surface area (Å²) in [5, 5.41) is 0.727. The molecule has 0 bridgehead atoms. The molecule has 4 nitrogen and oxygen atoms in total. The van der Waals surface area contributed by atoms with Crippen molar-refractivity contribution in [3.05, 3.63) is 59.2 Å². The zero-order valence-electron chi connectivity index (χ0n) is 15.1. The highest BCUT2D eigenvalue weighted by molar-refractivity contribution is 7.20. The van der Waals surface area contributed by atoms with Gasteiger partial charge in [0.15, 0.2) is 0 Å². The van der Waals surface area contributed by atoms with E-state index in [2.05, 4.69) is 18.0 Å². The minimum Gasteiger partial charge on any atom is -0.467 e. The Morgan fingerprint density at radius 1 is 1.12 bits per heavy atom. The molecule has 3 aromatic rings. The number of para-hydroxylation sites is 1. The second-order valence-electron chi connectivity index (χ2n) is 6.86. The fourth-order valence-electron chi connectivity index (χ4n) is 3.28. The zero-order chi connectivity index (χ0) is 18.1. The van der Waals surface area contributed by atoms with Crippen LogP contribution in [0.1, 0.15) is 34.3 Å². The van der Waals surface area contributed by atoms with Crippen molar-refractivity contribution in [3.8, 4) is 5.19 Å². The second-order valence-corrected chi connectivity index (χ2v) is 7.85. The molecule has 5 heteroatoms. The molecule has 2 heterocycles. The highest BCUT2D eigenvalue weighted by Crippen LogP contribution is 2.29. The van der Waals surface area contributed by atoms with Crippen molar-refractivity contribution in [1.82, 2.24) is 9.88 Å². The minimum absolute atomic E-state index is 0.117. The van der Waals surface area contributed by atoms with Gasteiger partial charge in [-0.3, -0.25) is 4.79 Å². The van der Waals surface area contributed by atoms with Crippen molar-refractivity contribution in [2.45, 2.75) is 32.8 Å². The topological polar surface area (TPSA) is 42.4 Å². The molecule has 0 radical (unpaired) electrons. The Labute approximate surface area is 157 Å². The van der Waals surface area contributed by atoms with Crippen LogP contribution in [0.4, 0.5) is 0 Å². The second kappa shape index (κ2) is 7.08. The van der Waals surface area contributed by atoms with Crippen molar-refractivity contribution in [2.24, 2.45) is 0 Å². The molecule has 0 saturated carbocycles. The molecular formula is C21H22N2O2S. The summed E-state index contributed by atoms with van der Waals surface area (Å²) < 4.78 is 7.22. The number of fused-ring (bicyclic) bond motifs is 1. The summed E-state index contributed by atoms with van der Waals surface area (Å²) in [5.41, 5.74) is 4.13. The number of benzene rings is 2. The fraction of sp³-hybridized carbons (Fsp3) is 0.333. The van der Waals surface area contributed by atoms with Crippen LogP contribution in [0.2, 0.25) is 0 Å². The number of thiazole rings is 1. The third kappa shape index (κ3) is 3.44. The Hall–Kier alpha value is -2.40. The van der Waals surface area contributed by atoms with Crippen LogP contribution in [-0.2, 0) is 0 Å². The molecule has 1 aromatic heterocycles. The Balaban J connectivity index is 1.37. The first-order valence-corrected chi connectivity index (χ1v) is 9.80. The lowest BCUT2D eigenvalue weighted by Crippen LogP contribution is -2.41. The van der Waals surface area contributed by atoms with E-state index in [1.54, 1.807) is 11.3 Å². The van der Waals surface area contributed by atoms with Gasteiger partial charge in [0, 0.05) is 31.5 Å². The van der Waals surface area contributed by atoms with Gasteiger partial charge in [-0.25, -0.2) is 4.98 Å². The Kier molecular flexibility index (Phi) is 4.64. The number of piperidine rings is 1. The monoisotopic (exact) mass is 366 g/mol. The molecule has 1 aliphatic heterocycles. The van der Waals surface area contributed by atoms with E-state index in [-0.39, 0.29) is 12.0 Å². The number of nitrogens with zero attached hydrogens (tertiary/aromatic N) is 2. The lowest BCUT2D eigenvalue weighted by Gasteiger charge is -2.31. The lowest BCUT2D eigenvalue weighted by molar-refractivity contribution is 0.0595. The molecule has 134 valence electrons. The standard InChI is InChI=1S/C21H22N2O2S/c1-14-7-8-16(13-15(14)2)20(24)23-11-9-17(10-12-23)25-21-22-18-5-3-4-6-19(18)26-21/h3-8,13,17H,9-12H2,1-2H3. The molecule has 26 heavy (non-hydrogen) atoms. The van der Waals surface area contributed by atoms with Crippen LogP contribution in [0.15, 0.2) is 42.5 Å². The number of amides is 1. The van der Waals surface area contributed by atoms with Crippen molar-refractivity contribution in [2.75, 3.05) is 13.1 Å². The number of hydrogen-bond acceptors (Lipinski definition) is 4. The van der Waals surface area contributed by atoms with Crippen molar-refractivity contribution < 1.29 is 9.53 Å². The van der Waals surface area contributed by atoms with E-state index in [1.165, 1.54) is 5.56 Å². The summed E-state index contributed by atoms with van der Waals surface area (Å²) in [6.45, 7) is 5.56. The van der Waals surface area contributed by atoms with E-state index in [1.807, 2.05) is 48.2 Å². The Morgan fingerprint density at radius 2 is 1.88 bits per heavy atom. The van der Waals surface area contributed by atoms with Crippen LogP contribution in [0, 0.1) is 13.8 Å². The van der Waals surface area contributed by atoms with E-state index in [4.69, 9.17) is 4.74 Å². The Morgan fingerprint density at radius 3 is 2.62 bits per heavy atom. The molecule has 0 atom stereocenters. The van der Waals surface area contributed by atoms with Gasteiger partial charge in [-0.2, -0.15) is 0 Å². The quantitative estimate of drug-likeness (QED) is 0.680. The summed E-state index contributed by atoms with van der Waals surface area (Å²) >= 11 is 1.58. The molecule has 2 aromatic carbocycles. The molecular weight excluding hydrogens is 344 g/mol. The van der Waals surface area contributed by atoms with E-state index in [0.717, 1.165) is 52.5 Å². The van der Waals surface area contributed by atoms with Gasteiger partial charge in [-0.05, 0) is 49.2 Å². The molecule has 1 aliphatic rings. The predicted molar refractivity (Wildman–Crippen MR) is 105 cm³/mol. The largest absolute Gasteiger partial charge is 0.467 e. The number of aryl methyl sites for hydroxylation is 2. The summed E-state index contributed by atoms with van der Waals surface area (Å²) in [4.78, 5) is 19.2. The number of aromatic nitrogens is 1. The van der Waals surface area contributed by atoms with Gasteiger partial charge in [0.25, 0.3) is 11.1 Å². The van der Waals surface area contributed by atoms with Crippen molar-refractivity contribution in [1.29, 1.82) is 0 Å². The van der Waals surface area contributed by atoms with Crippen molar-refractivity contribution >= 4 is 27.5 Å². The van der Waals surface area contributed by atoms with Gasteiger partial charge < -0.3 is 9.64 Å². The number of carbonyl (C=O) groups is 1. The molecule has 1 amide bonds. The summed E-state index contributed by atoms with van der Waals surface area (Å²) in [6, 6.07) is 14.0. The molecule has 0 aliphatic carbocycles. The highest BCUT2D eigenvalue weighted by Gasteiger charge is 2.25. The maximum atomic E-state index is 12.7. The van der Waals surface area contributed by atoms with Gasteiger partial charge in [0.05, 0.1) is 10.2 Å². The first-order valence-electron chi connectivity index (χ1n) is 8.99. The van der Waals surface area contributed by atoms with E-state index in [0.29, 0.717) is 0 Å². The van der Waals surface area contributed by atoms with Gasteiger partial charge >= 0.3 is 0 Å². The number of likely N-dealkylation sites (tertiary alicyclic amines) is 1. The van der Waals surface area contributed by atoms with Gasteiger partial charge in [0.1, 0.15) is 6.10 Å². The van der Waals surface area contributed by atoms with Crippen LogP contribution >= 0.6 is 11.3 Å². The number of carbonyl (C=O) groups excluding carboxylic acids is 1. The van der Waals surface area contributed by atoms with Crippen LogP contribution in [0.25, 0.3) is 10.2 Å². The average Bonchev–Trinajstić information content (AvgIpc) is 3.06. The van der Waals surface area contributed by atoms with Crippen LogP contribution < -0.4 is 4.74 Å². The van der Waals surface area contributed by atoms with Crippen LogP contribution in [0.3, 0.4) is 0 Å². The molecule has 1 fully saturated rings. The molecule has 4 rings (SSSR count).